The van der Waals surface area contributed by atoms with Crippen LogP contribution in [0.25, 0.3) is 0 Å². The van der Waals surface area contributed by atoms with E-state index in [0.717, 1.165) is 18.5 Å². The number of nitrogens with zero attached hydrogens (tertiary/aromatic N) is 3. The van der Waals surface area contributed by atoms with E-state index in [9.17, 15) is 13.2 Å². The SMILES string of the molecule is Cc1cc(NC(=O)c2ccc(S(=O)(=O)N3CCCC3)cc2)n(C(C)C)n1. The highest BCUT2D eigenvalue weighted by molar-refractivity contribution is 7.89. The lowest BCUT2D eigenvalue weighted by molar-refractivity contribution is 0.102. The van der Waals surface area contributed by atoms with E-state index in [2.05, 4.69) is 10.4 Å². The molecule has 8 heteroatoms. The maximum absolute atomic E-state index is 12.5. The van der Waals surface area contributed by atoms with Gasteiger partial charge in [0.2, 0.25) is 10.0 Å². The van der Waals surface area contributed by atoms with Gasteiger partial charge in [0.25, 0.3) is 5.91 Å². The molecule has 1 aliphatic rings. The van der Waals surface area contributed by atoms with Crippen LogP contribution >= 0.6 is 0 Å². The first kappa shape index (κ1) is 18.6. The van der Waals surface area contributed by atoms with Crippen molar-refractivity contribution in [2.45, 2.75) is 44.6 Å². The highest BCUT2D eigenvalue weighted by Crippen LogP contribution is 2.22. The number of carbonyl (C=O) groups excluding carboxylic acids is 1. The van der Waals surface area contributed by atoms with Crippen LogP contribution in [0.4, 0.5) is 5.82 Å². The molecule has 1 fully saturated rings. The smallest absolute Gasteiger partial charge is 0.256 e. The second kappa shape index (κ2) is 7.20. The number of carbonyl (C=O) groups is 1. The van der Waals surface area contributed by atoms with Gasteiger partial charge in [-0.25, -0.2) is 13.1 Å². The van der Waals surface area contributed by atoms with E-state index < -0.39 is 10.0 Å². The van der Waals surface area contributed by atoms with Crippen molar-refractivity contribution in [3.05, 3.63) is 41.6 Å². The van der Waals surface area contributed by atoms with Crippen LogP contribution in [0.5, 0.6) is 0 Å². The predicted octanol–water partition coefficient (Wildman–Crippen LogP) is 2.81. The normalized spacial score (nSPS) is 15.5. The molecule has 140 valence electrons. The monoisotopic (exact) mass is 376 g/mol. The summed E-state index contributed by atoms with van der Waals surface area (Å²) in [6, 6.07) is 8.00. The number of aryl methyl sites for hydroxylation is 1. The Morgan fingerprint density at radius 2 is 1.77 bits per heavy atom. The zero-order valence-electron chi connectivity index (χ0n) is 15.3. The predicted molar refractivity (Wildman–Crippen MR) is 99.7 cm³/mol. The molecule has 0 atom stereocenters. The Morgan fingerprint density at radius 1 is 1.15 bits per heavy atom. The lowest BCUT2D eigenvalue weighted by atomic mass is 10.2. The summed E-state index contributed by atoms with van der Waals surface area (Å²) in [5, 5.41) is 7.21. The summed E-state index contributed by atoms with van der Waals surface area (Å²) in [6.45, 7) is 6.96. The van der Waals surface area contributed by atoms with E-state index in [-0.39, 0.29) is 16.8 Å². The zero-order chi connectivity index (χ0) is 18.9. The molecule has 0 bridgehead atoms. The van der Waals surface area contributed by atoms with Gasteiger partial charge < -0.3 is 5.32 Å². The molecule has 3 rings (SSSR count). The van der Waals surface area contributed by atoms with Crippen LogP contribution in [0.3, 0.4) is 0 Å². The van der Waals surface area contributed by atoms with Gasteiger partial charge >= 0.3 is 0 Å². The highest BCUT2D eigenvalue weighted by Gasteiger charge is 2.27. The van der Waals surface area contributed by atoms with Crippen LogP contribution in [-0.4, -0.2) is 41.5 Å². The summed E-state index contributed by atoms with van der Waals surface area (Å²) in [6.07, 6.45) is 1.78. The third-order valence-electron chi connectivity index (χ3n) is 4.41. The minimum absolute atomic E-state index is 0.118. The molecule has 1 aromatic heterocycles. The minimum Gasteiger partial charge on any atom is -0.307 e. The number of nitrogens with one attached hydrogen (secondary N) is 1. The van der Waals surface area contributed by atoms with Gasteiger partial charge in [-0.3, -0.25) is 4.79 Å². The summed E-state index contributed by atoms with van der Waals surface area (Å²) < 4.78 is 28.3. The first-order valence-electron chi connectivity index (χ1n) is 8.77. The molecule has 0 aliphatic carbocycles. The largest absolute Gasteiger partial charge is 0.307 e. The second-order valence-corrected chi connectivity index (χ2v) is 8.74. The molecule has 1 saturated heterocycles. The van der Waals surface area contributed by atoms with Gasteiger partial charge in [-0.15, -0.1) is 0 Å². The van der Waals surface area contributed by atoms with Gasteiger partial charge in [0.05, 0.1) is 10.6 Å². The van der Waals surface area contributed by atoms with E-state index in [1.165, 1.54) is 16.4 Å². The quantitative estimate of drug-likeness (QED) is 0.870. The van der Waals surface area contributed by atoms with Gasteiger partial charge in [-0.1, -0.05) is 0 Å². The van der Waals surface area contributed by atoms with Crippen molar-refractivity contribution in [1.82, 2.24) is 14.1 Å². The van der Waals surface area contributed by atoms with E-state index in [1.54, 1.807) is 16.8 Å². The van der Waals surface area contributed by atoms with Gasteiger partial charge in [0.1, 0.15) is 5.82 Å². The summed E-state index contributed by atoms with van der Waals surface area (Å²) >= 11 is 0. The van der Waals surface area contributed by atoms with Gasteiger partial charge in [0.15, 0.2) is 0 Å². The van der Waals surface area contributed by atoms with Crippen LogP contribution in [0.2, 0.25) is 0 Å². The number of rotatable bonds is 5. The zero-order valence-corrected chi connectivity index (χ0v) is 16.1. The minimum atomic E-state index is -3.47. The van der Waals surface area contributed by atoms with Gasteiger partial charge in [-0.2, -0.15) is 9.40 Å². The number of hydrogen-bond donors (Lipinski definition) is 1. The Balaban J connectivity index is 1.77. The average Bonchev–Trinajstić information content (AvgIpc) is 3.25. The fourth-order valence-corrected chi connectivity index (χ4v) is 4.57. The van der Waals surface area contributed by atoms with Crippen molar-refractivity contribution in [3.63, 3.8) is 0 Å². The van der Waals surface area contributed by atoms with Crippen LogP contribution < -0.4 is 5.32 Å². The van der Waals surface area contributed by atoms with Crippen LogP contribution in [0.15, 0.2) is 35.2 Å². The molecule has 1 N–H and O–H groups in total. The molecule has 1 amide bonds. The second-order valence-electron chi connectivity index (χ2n) is 6.80. The van der Waals surface area contributed by atoms with E-state index in [0.29, 0.717) is 24.5 Å². The van der Waals surface area contributed by atoms with Crippen LogP contribution in [0.1, 0.15) is 48.8 Å². The number of sulfonamides is 1. The molecule has 1 aromatic carbocycles. The Morgan fingerprint density at radius 3 is 2.35 bits per heavy atom. The van der Waals surface area contributed by atoms with Crippen molar-refractivity contribution < 1.29 is 13.2 Å². The molecule has 1 aliphatic heterocycles. The van der Waals surface area contributed by atoms with Crippen LogP contribution in [0, 0.1) is 6.92 Å². The number of anilines is 1. The first-order valence-corrected chi connectivity index (χ1v) is 10.2. The van der Waals surface area contributed by atoms with Crippen molar-refractivity contribution in [2.75, 3.05) is 18.4 Å². The first-order chi connectivity index (χ1) is 12.3. The van der Waals surface area contributed by atoms with Gasteiger partial charge in [-0.05, 0) is 57.9 Å². The number of benzene rings is 1. The van der Waals surface area contributed by atoms with Crippen molar-refractivity contribution in [2.24, 2.45) is 0 Å². The molecule has 2 aromatic rings. The molecule has 26 heavy (non-hydrogen) atoms. The molecule has 2 heterocycles. The third-order valence-corrected chi connectivity index (χ3v) is 6.32. The lowest BCUT2D eigenvalue weighted by Gasteiger charge is -2.15. The lowest BCUT2D eigenvalue weighted by Crippen LogP contribution is -2.27. The van der Waals surface area contributed by atoms with Gasteiger partial charge in [0, 0.05) is 30.8 Å². The molecule has 0 saturated carbocycles. The maximum atomic E-state index is 12.5. The topological polar surface area (TPSA) is 84.3 Å². The number of aromatic nitrogens is 2. The summed E-state index contributed by atoms with van der Waals surface area (Å²) in [4.78, 5) is 12.7. The van der Waals surface area contributed by atoms with Crippen molar-refractivity contribution in [1.29, 1.82) is 0 Å². The Hall–Kier alpha value is -2.19. The standard InChI is InChI=1S/C18H24N4O3S/c1-13(2)22-17(12-14(3)20-22)19-18(23)15-6-8-16(9-7-15)26(24,25)21-10-4-5-11-21/h6-9,12-13H,4-5,10-11H2,1-3H3,(H,19,23). The number of amides is 1. The molecule has 7 nitrogen and oxygen atoms in total. The van der Waals surface area contributed by atoms with E-state index in [1.807, 2.05) is 26.8 Å². The Labute approximate surface area is 154 Å². The molecular formula is C18H24N4O3S. The average molecular weight is 376 g/mol. The van der Waals surface area contributed by atoms with Crippen molar-refractivity contribution in [3.8, 4) is 0 Å². The molecule has 0 radical (unpaired) electrons. The maximum Gasteiger partial charge on any atom is 0.256 e. The third kappa shape index (κ3) is 3.66. The molecule has 0 unspecified atom stereocenters. The molecular weight excluding hydrogens is 352 g/mol. The van der Waals surface area contributed by atoms with Crippen molar-refractivity contribution >= 4 is 21.7 Å². The molecule has 0 spiro atoms. The Bertz CT molecular complexity index is 895. The summed E-state index contributed by atoms with van der Waals surface area (Å²) in [7, 11) is -3.47. The summed E-state index contributed by atoms with van der Waals surface area (Å²) in [5.41, 5.74) is 1.22. The highest BCUT2D eigenvalue weighted by atomic mass is 32.2. The number of hydrogen-bond acceptors (Lipinski definition) is 4. The Kier molecular flexibility index (Phi) is 5.15. The summed E-state index contributed by atoms with van der Waals surface area (Å²) in [5.74, 6) is 0.327. The van der Waals surface area contributed by atoms with Crippen LogP contribution in [-0.2, 0) is 10.0 Å². The fourth-order valence-electron chi connectivity index (χ4n) is 3.05. The van der Waals surface area contributed by atoms with E-state index >= 15 is 0 Å². The fraction of sp³-hybridized carbons (Fsp3) is 0.444. The van der Waals surface area contributed by atoms with E-state index in [4.69, 9.17) is 0 Å².